The topological polar surface area (TPSA) is 89.9 Å². The highest BCUT2D eigenvalue weighted by Gasteiger charge is 2.32. The fourth-order valence-corrected chi connectivity index (χ4v) is 2.23. The van der Waals surface area contributed by atoms with Gasteiger partial charge in [-0.3, -0.25) is 0 Å². The molecule has 6 nitrogen and oxygen atoms in total. The summed E-state index contributed by atoms with van der Waals surface area (Å²) in [6.45, 7) is 0.0880. The van der Waals surface area contributed by atoms with E-state index >= 15 is 0 Å². The molecule has 0 heterocycles. The number of aromatic carboxylic acids is 1. The monoisotopic (exact) mass is 298 g/mol. The molecule has 0 aromatic heterocycles. The lowest BCUT2D eigenvalue weighted by Gasteiger charge is -2.22. The molecule has 0 aliphatic heterocycles. The molecule has 108 valence electrons. The standard InChI is InChI=1S/C13H15ClN2O4/c14-9-2-1-3-10(11(9)12(18)19)15-13(20)16(6-7-17)8-4-5-8/h1-3,8,17H,4-7H2,(H,15,20)(H,18,19). The van der Waals surface area contributed by atoms with Gasteiger partial charge in [0.2, 0.25) is 0 Å². The Kier molecular flexibility index (Phi) is 4.46. The summed E-state index contributed by atoms with van der Waals surface area (Å²) in [5, 5.41) is 20.7. The molecule has 2 rings (SSSR count). The lowest BCUT2D eigenvalue weighted by atomic mass is 10.2. The van der Waals surface area contributed by atoms with Crippen molar-refractivity contribution in [1.29, 1.82) is 0 Å². The first kappa shape index (κ1) is 14.6. The Balaban J connectivity index is 2.18. The Morgan fingerprint density at radius 1 is 1.40 bits per heavy atom. The molecule has 1 aromatic rings. The molecular weight excluding hydrogens is 284 g/mol. The zero-order valence-electron chi connectivity index (χ0n) is 10.7. The molecule has 7 heteroatoms. The third kappa shape index (κ3) is 3.20. The molecule has 1 saturated carbocycles. The molecule has 1 fully saturated rings. The van der Waals surface area contributed by atoms with Gasteiger partial charge in [-0.05, 0) is 25.0 Å². The van der Waals surface area contributed by atoms with E-state index in [4.69, 9.17) is 21.8 Å². The number of carboxylic acid groups (broad SMARTS) is 1. The van der Waals surface area contributed by atoms with Gasteiger partial charge in [-0.1, -0.05) is 17.7 Å². The van der Waals surface area contributed by atoms with Gasteiger partial charge in [0.1, 0.15) is 5.56 Å². The maximum absolute atomic E-state index is 12.1. The van der Waals surface area contributed by atoms with E-state index in [0.717, 1.165) is 12.8 Å². The number of carbonyl (C=O) groups is 2. The molecule has 3 N–H and O–H groups in total. The number of carboxylic acids is 1. The fraction of sp³-hybridized carbons (Fsp3) is 0.385. The minimum absolute atomic E-state index is 0.0652. The molecule has 0 unspecified atom stereocenters. The van der Waals surface area contributed by atoms with Gasteiger partial charge >= 0.3 is 12.0 Å². The zero-order chi connectivity index (χ0) is 14.7. The number of carbonyl (C=O) groups excluding carboxylic acids is 1. The van der Waals surface area contributed by atoms with Gasteiger partial charge in [-0.2, -0.15) is 0 Å². The summed E-state index contributed by atoms with van der Waals surface area (Å²) in [5.41, 5.74) is 0.0147. The highest BCUT2D eigenvalue weighted by atomic mass is 35.5. The molecule has 0 radical (unpaired) electrons. The van der Waals surface area contributed by atoms with E-state index in [1.807, 2.05) is 0 Å². The number of hydrogen-bond donors (Lipinski definition) is 3. The Hall–Kier alpha value is -1.79. The van der Waals surface area contributed by atoms with E-state index in [0.29, 0.717) is 0 Å². The fourth-order valence-electron chi connectivity index (χ4n) is 1.98. The van der Waals surface area contributed by atoms with Crippen LogP contribution in [0.5, 0.6) is 0 Å². The summed E-state index contributed by atoms with van der Waals surface area (Å²) < 4.78 is 0. The van der Waals surface area contributed by atoms with Crippen LogP contribution in [0.1, 0.15) is 23.2 Å². The Morgan fingerprint density at radius 2 is 2.10 bits per heavy atom. The highest BCUT2D eigenvalue weighted by Crippen LogP contribution is 2.29. The number of urea groups is 1. The van der Waals surface area contributed by atoms with Crippen molar-refractivity contribution in [3.63, 3.8) is 0 Å². The molecule has 0 atom stereocenters. The van der Waals surface area contributed by atoms with Crippen LogP contribution in [0.2, 0.25) is 5.02 Å². The number of aliphatic hydroxyl groups excluding tert-OH is 1. The predicted molar refractivity (Wildman–Crippen MR) is 74.2 cm³/mol. The second kappa shape index (κ2) is 6.11. The molecule has 0 saturated heterocycles. The minimum atomic E-state index is -1.20. The first-order valence-electron chi connectivity index (χ1n) is 6.25. The highest BCUT2D eigenvalue weighted by molar-refractivity contribution is 6.34. The average molecular weight is 299 g/mol. The maximum atomic E-state index is 12.1. The van der Waals surface area contributed by atoms with E-state index in [-0.39, 0.29) is 35.5 Å². The quantitative estimate of drug-likeness (QED) is 0.776. The van der Waals surface area contributed by atoms with Gasteiger partial charge in [-0.25, -0.2) is 9.59 Å². The van der Waals surface area contributed by atoms with E-state index in [9.17, 15) is 9.59 Å². The van der Waals surface area contributed by atoms with Gasteiger partial charge in [0, 0.05) is 12.6 Å². The van der Waals surface area contributed by atoms with Crippen LogP contribution < -0.4 is 5.32 Å². The average Bonchev–Trinajstić information content (AvgIpc) is 3.19. The van der Waals surface area contributed by atoms with Gasteiger partial charge in [-0.15, -0.1) is 0 Å². The van der Waals surface area contributed by atoms with E-state index < -0.39 is 12.0 Å². The van der Waals surface area contributed by atoms with Crippen LogP contribution in [0.25, 0.3) is 0 Å². The van der Waals surface area contributed by atoms with E-state index in [2.05, 4.69) is 5.32 Å². The van der Waals surface area contributed by atoms with Crippen LogP contribution >= 0.6 is 11.6 Å². The first-order chi connectivity index (χ1) is 9.54. The minimum Gasteiger partial charge on any atom is -0.478 e. The van der Waals surface area contributed by atoms with Crippen molar-refractivity contribution < 1.29 is 19.8 Å². The van der Waals surface area contributed by atoms with Crippen LogP contribution in [-0.4, -0.2) is 46.3 Å². The summed E-state index contributed by atoms with van der Waals surface area (Å²) in [5.74, 6) is -1.20. The maximum Gasteiger partial charge on any atom is 0.339 e. The Bertz CT molecular complexity index is 531. The van der Waals surface area contributed by atoms with Crippen molar-refractivity contribution in [3.05, 3.63) is 28.8 Å². The summed E-state index contributed by atoms with van der Waals surface area (Å²) in [6, 6.07) is 4.20. The Morgan fingerprint density at radius 3 is 2.65 bits per heavy atom. The SMILES string of the molecule is O=C(O)c1c(Cl)cccc1NC(=O)N(CCO)C1CC1. The smallest absolute Gasteiger partial charge is 0.339 e. The van der Waals surface area contributed by atoms with E-state index in [1.54, 1.807) is 6.07 Å². The van der Waals surface area contributed by atoms with Crippen molar-refractivity contribution in [2.75, 3.05) is 18.5 Å². The second-order valence-corrected chi connectivity index (χ2v) is 4.95. The number of nitrogens with one attached hydrogen (secondary N) is 1. The Labute approximate surface area is 121 Å². The molecule has 2 amide bonds. The third-order valence-electron chi connectivity index (χ3n) is 3.06. The number of amides is 2. The van der Waals surface area contributed by atoms with Crippen LogP contribution in [0.3, 0.4) is 0 Å². The zero-order valence-corrected chi connectivity index (χ0v) is 11.4. The van der Waals surface area contributed by atoms with Gasteiger partial charge in [0.25, 0.3) is 0 Å². The molecule has 20 heavy (non-hydrogen) atoms. The normalized spacial score (nSPS) is 13.9. The number of aliphatic hydroxyl groups is 1. The van der Waals surface area contributed by atoms with Crippen molar-refractivity contribution >= 4 is 29.3 Å². The number of halogens is 1. The summed E-state index contributed by atoms with van der Waals surface area (Å²) in [6.07, 6.45) is 1.80. The molecule has 0 bridgehead atoms. The van der Waals surface area contributed by atoms with Crippen molar-refractivity contribution in [2.45, 2.75) is 18.9 Å². The van der Waals surface area contributed by atoms with Crippen molar-refractivity contribution in [1.82, 2.24) is 4.90 Å². The largest absolute Gasteiger partial charge is 0.478 e. The number of hydrogen-bond acceptors (Lipinski definition) is 3. The van der Waals surface area contributed by atoms with E-state index in [1.165, 1.54) is 17.0 Å². The molecular formula is C13H15ClN2O4. The number of anilines is 1. The number of nitrogens with zero attached hydrogens (tertiary/aromatic N) is 1. The lowest BCUT2D eigenvalue weighted by molar-refractivity contribution is 0.0698. The molecule has 0 spiro atoms. The molecule has 1 aliphatic carbocycles. The molecule has 1 aliphatic rings. The van der Waals surface area contributed by atoms with Crippen LogP contribution in [-0.2, 0) is 0 Å². The van der Waals surface area contributed by atoms with Gasteiger partial charge in [0.15, 0.2) is 0 Å². The first-order valence-corrected chi connectivity index (χ1v) is 6.62. The van der Waals surface area contributed by atoms with Crippen molar-refractivity contribution in [2.24, 2.45) is 0 Å². The molecule has 1 aromatic carbocycles. The number of rotatable bonds is 5. The second-order valence-electron chi connectivity index (χ2n) is 4.55. The summed E-state index contributed by atoms with van der Waals surface area (Å²) in [7, 11) is 0. The van der Waals surface area contributed by atoms with Crippen LogP contribution in [0.4, 0.5) is 10.5 Å². The lowest BCUT2D eigenvalue weighted by Crippen LogP contribution is -2.39. The van der Waals surface area contributed by atoms with Crippen LogP contribution in [0, 0.1) is 0 Å². The third-order valence-corrected chi connectivity index (χ3v) is 3.37. The van der Waals surface area contributed by atoms with Crippen molar-refractivity contribution in [3.8, 4) is 0 Å². The summed E-state index contributed by atoms with van der Waals surface area (Å²) in [4.78, 5) is 24.8. The number of benzene rings is 1. The summed E-state index contributed by atoms with van der Waals surface area (Å²) >= 11 is 5.84. The van der Waals surface area contributed by atoms with Gasteiger partial charge in [0.05, 0.1) is 17.3 Å². The predicted octanol–water partition coefficient (Wildman–Crippen LogP) is 2.03. The van der Waals surface area contributed by atoms with Crippen LogP contribution in [0.15, 0.2) is 18.2 Å². The van der Waals surface area contributed by atoms with Gasteiger partial charge < -0.3 is 20.4 Å².